The zero-order chi connectivity index (χ0) is 14.3. The van der Waals surface area contributed by atoms with Crippen LogP contribution in [0.15, 0.2) is 0 Å². The van der Waals surface area contributed by atoms with Gasteiger partial charge in [-0.25, -0.2) is 0 Å². The van der Waals surface area contributed by atoms with E-state index in [2.05, 4.69) is 39.9 Å². The first-order valence-corrected chi connectivity index (χ1v) is 7.94. The highest BCUT2D eigenvalue weighted by Gasteiger charge is 2.59. The third-order valence-electron chi connectivity index (χ3n) is 6.04. The van der Waals surface area contributed by atoms with Crippen LogP contribution in [0, 0.1) is 22.2 Å². The van der Waals surface area contributed by atoms with Crippen molar-refractivity contribution >= 4 is 0 Å². The van der Waals surface area contributed by atoms with Crippen LogP contribution < -0.4 is 5.32 Å². The lowest BCUT2D eigenvalue weighted by molar-refractivity contribution is 0.0902. The van der Waals surface area contributed by atoms with Crippen LogP contribution in [-0.2, 0) is 4.74 Å². The third-order valence-corrected chi connectivity index (χ3v) is 6.04. The lowest BCUT2D eigenvalue weighted by Gasteiger charge is -2.44. The Morgan fingerprint density at radius 3 is 2.47 bits per heavy atom. The van der Waals surface area contributed by atoms with Crippen molar-refractivity contribution in [2.24, 2.45) is 22.2 Å². The number of hydrogen-bond acceptors (Lipinski definition) is 2. The average Bonchev–Trinajstić information content (AvgIpc) is 2.77. The highest BCUT2D eigenvalue weighted by molar-refractivity contribution is 5.12. The fraction of sp³-hybridized carbons (Fsp3) is 1.00. The minimum atomic E-state index is 0.324. The van der Waals surface area contributed by atoms with Gasteiger partial charge in [0.05, 0.1) is 0 Å². The highest BCUT2D eigenvalue weighted by Crippen LogP contribution is 2.62. The van der Waals surface area contributed by atoms with Crippen molar-refractivity contribution in [3.05, 3.63) is 0 Å². The second-order valence-electron chi connectivity index (χ2n) is 8.64. The standard InChI is InChI=1S/C17H33NO/c1-15(2,9-10-19-6)12-18-14-16(3,4)13-7-8-17(14,5)11-13/h13-14,18H,7-12H2,1-6H3. The van der Waals surface area contributed by atoms with Gasteiger partial charge in [-0.1, -0.05) is 34.6 Å². The number of rotatable bonds is 6. The molecule has 3 atom stereocenters. The molecule has 0 aliphatic heterocycles. The Morgan fingerprint density at radius 1 is 1.26 bits per heavy atom. The number of ether oxygens (including phenoxy) is 1. The third kappa shape index (κ3) is 2.85. The molecule has 19 heavy (non-hydrogen) atoms. The maximum Gasteiger partial charge on any atom is 0.0467 e. The molecule has 2 bridgehead atoms. The molecule has 0 aromatic heterocycles. The molecule has 0 radical (unpaired) electrons. The normalized spacial score (nSPS) is 36.9. The summed E-state index contributed by atoms with van der Waals surface area (Å²) in [4.78, 5) is 0. The lowest BCUT2D eigenvalue weighted by Crippen LogP contribution is -2.52. The Morgan fingerprint density at radius 2 is 1.95 bits per heavy atom. The van der Waals surface area contributed by atoms with E-state index >= 15 is 0 Å². The summed E-state index contributed by atoms with van der Waals surface area (Å²) < 4.78 is 5.23. The van der Waals surface area contributed by atoms with E-state index in [0.717, 1.165) is 25.5 Å². The van der Waals surface area contributed by atoms with Gasteiger partial charge in [-0.3, -0.25) is 0 Å². The van der Waals surface area contributed by atoms with Crippen molar-refractivity contribution in [2.75, 3.05) is 20.3 Å². The molecule has 0 spiro atoms. The van der Waals surface area contributed by atoms with E-state index in [0.29, 0.717) is 22.3 Å². The van der Waals surface area contributed by atoms with Gasteiger partial charge >= 0.3 is 0 Å². The lowest BCUT2D eigenvalue weighted by atomic mass is 9.68. The largest absolute Gasteiger partial charge is 0.385 e. The van der Waals surface area contributed by atoms with Crippen LogP contribution >= 0.6 is 0 Å². The molecule has 2 nitrogen and oxygen atoms in total. The van der Waals surface area contributed by atoms with Crippen LogP contribution in [0.4, 0.5) is 0 Å². The summed E-state index contributed by atoms with van der Waals surface area (Å²) in [6.45, 7) is 14.1. The molecule has 112 valence electrons. The molecular formula is C17H33NO. The predicted molar refractivity (Wildman–Crippen MR) is 81.3 cm³/mol. The van der Waals surface area contributed by atoms with Crippen LogP contribution in [0.1, 0.15) is 60.3 Å². The van der Waals surface area contributed by atoms with Crippen molar-refractivity contribution < 1.29 is 4.74 Å². The van der Waals surface area contributed by atoms with E-state index in [1.165, 1.54) is 19.3 Å². The van der Waals surface area contributed by atoms with Gasteiger partial charge in [0.25, 0.3) is 0 Å². The van der Waals surface area contributed by atoms with E-state index in [4.69, 9.17) is 4.74 Å². The van der Waals surface area contributed by atoms with Gasteiger partial charge in [0, 0.05) is 26.3 Å². The first-order chi connectivity index (χ1) is 8.71. The average molecular weight is 267 g/mol. The van der Waals surface area contributed by atoms with Crippen molar-refractivity contribution in [3.63, 3.8) is 0 Å². The van der Waals surface area contributed by atoms with Crippen LogP contribution in [0.2, 0.25) is 0 Å². The van der Waals surface area contributed by atoms with Gasteiger partial charge in [0.2, 0.25) is 0 Å². The van der Waals surface area contributed by atoms with Gasteiger partial charge in [0.15, 0.2) is 0 Å². The summed E-state index contributed by atoms with van der Waals surface area (Å²) >= 11 is 0. The van der Waals surface area contributed by atoms with Crippen LogP contribution in [0.5, 0.6) is 0 Å². The molecule has 2 saturated carbocycles. The molecule has 0 aromatic carbocycles. The molecule has 2 fully saturated rings. The number of methoxy groups -OCH3 is 1. The Kier molecular flexibility index (Phi) is 4.06. The topological polar surface area (TPSA) is 21.3 Å². The smallest absolute Gasteiger partial charge is 0.0467 e. The van der Waals surface area contributed by atoms with Crippen LogP contribution in [0.3, 0.4) is 0 Å². The first-order valence-electron chi connectivity index (χ1n) is 7.94. The highest BCUT2D eigenvalue weighted by atomic mass is 16.5. The first kappa shape index (κ1) is 15.3. The van der Waals surface area contributed by atoms with Crippen LogP contribution in [0.25, 0.3) is 0 Å². The summed E-state index contributed by atoms with van der Waals surface area (Å²) in [6, 6.07) is 0.681. The Balaban J connectivity index is 1.95. The van der Waals surface area contributed by atoms with E-state index in [9.17, 15) is 0 Å². The van der Waals surface area contributed by atoms with E-state index in [-0.39, 0.29) is 0 Å². The Labute approximate surface area is 119 Å². The summed E-state index contributed by atoms with van der Waals surface area (Å²) in [5.41, 5.74) is 1.32. The van der Waals surface area contributed by atoms with Gasteiger partial charge in [0.1, 0.15) is 0 Å². The number of hydrogen-bond donors (Lipinski definition) is 1. The zero-order valence-corrected chi connectivity index (χ0v) is 13.8. The maximum atomic E-state index is 5.23. The van der Waals surface area contributed by atoms with Gasteiger partial charge in [-0.2, -0.15) is 0 Å². The SMILES string of the molecule is COCCC(C)(C)CNC1C2(C)CCC(C2)C1(C)C. The molecule has 2 heteroatoms. The molecule has 2 aliphatic rings. The molecule has 2 aliphatic carbocycles. The number of fused-ring (bicyclic) bond motifs is 2. The monoisotopic (exact) mass is 267 g/mol. The molecule has 0 saturated heterocycles. The van der Waals surface area contributed by atoms with E-state index in [1.54, 1.807) is 7.11 Å². The van der Waals surface area contributed by atoms with Crippen molar-refractivity contribution in [2.45, 2.75) is 66.3 Å². The second-order valence-corrected chi connectivity index (χ2v) is 8.64. The minimum absolute atomic E-state index is 0.324. The van der Waals surface area contributed by atoms with Gasteiger partial charge in [-0.15, -0.1) is 0 Å². The minimum Gasteiger partial charge on any atom is -0.385 e. The summed E-state index contributed by atoms with van der Waals surface area (Å²) in [6.07, 6.45) is 5.41. The van der Waals surface area contributed by atoms with Crippen molar-refractivity contribution in [3.8, 4) is 0 Å². The Hall–Kier alpha value is -0.0800. The molecule has 0 amide bonds. The quantitative estimate of drug-likeness (QED) is 0.789. The van der Waals surface area contributed by atoms with E-state index in [1.807, 2.05) is 0 Å². The summed E-state index contributed by atoms with van der Waals surface area (Å²) in [7, 11) is 1.80. The Bertz CT molecular complexity index is 318. The van der Waals surface area contributed by atoms with E-state index < -0.39 is 0 Å². The fourth-order valence-electron chi connectivity index (χ4n) is 4.66. The summed E-state index contributed by atoms with van der Waals surface area (Å²) in [5.74, 6) is 0.928. The molecule has 0 heterocycles. The van der Waals surface area contributed by atoms with Crippen molar-refractivity contribution in [1.82, 2.24) is 5.32 Å². The van der Waals surface area contributed by atoms with Gasteiger partial charge < -0.3 is 10.1 Å². The summed E-state index contributed by atoms with van der Waals surface area (Å²) in [5, 5.41) is 3.94. The fourth-order valence-corrected chi connectivity index (χ4v) is 4.66. The maximum absolute atomic E-state index is 5.23. The van der Waals surface area contributed by atoms with Crippen LogP contribution in [-0.4, -0.2) is 26.3 Å². The predicted octanol–water partition coefficient (Wildman–Crippen LogP) is 3.85. The zero-order valence-electron chi connectivity index (χ0n) is 13.8. The number of nitrogens with one attached hydrogen (secondary N) is 1. The molecule has 1 N–H and O–H groups in total. The molecular weight excluding hydrogens is 234 g/mol. The van der Waals surface area contributed by atoms with Gasteiger partial charge in [-0.05, 0) is 47.8 Å². The molecule has 0 aromatic rings. The molecule has 3 unspecified atom stereocenters. The molecule has 2 rings (SSSR count). The van der Waals surface area contributed by atoms with Crippen molar-refractivity contribution in [1.29, 1.82) is 0 Å². The second kappa shape index (κ2) is 5.04.